The van der Waals surface area contributed by atoms with Crippen LogP contribution >= 0.6 is 0 Å². The summed E-state index contributed by atoms with van der Waals surface area (Å²) in [5.74, 6) is 0. The maximum Gasteiger partial charge on any atom is 0.0881 e. The number of pyridine rings is 1. The zero-order valence-corrected chi connectivity index (χ0v) is 11.4. The second-order valence-electron chi connectivity index (χ2n) is 4.98. The van der Waals surface area contributed by atoms with Crippen LogP contribution in [-0.4, -0.2) is 15.2 Å². The SMILES string of the molecule is c1cc(NCc2ccnc3ccccc23)c2[nH]ncc2c1. The molecule has 21 heavy (non-hydrogen) atoms. The van der Waals surface area contributed by atoms with Gasteiger partial charge in [-0.1, -0.05) is 30.3 Å². The summed E-state index contributed by atoms with van der Waals surface area (Å²) >= 11 is 0. The quantitative estimate of drug-likeness (QED) is 0.598. The Morgan fingerprint density at radius 1 is 1.00 bits per heavy atom. The lowest BCUT2D eigenvalue weighted by Crippen LogP contribution is -2.01. The number of aromatic nitrogens is 3. The molecule has 2 aromatic carbocycles. The Bertz CT molecular complexity index is 905. The van der Waals surface area contributed by atoms with E-state index in [1.54, 1.807) is 0 Å². The molecule has 4 nitrogen and oxygen atoms in total. The van der Waals surface area contributed by atoms with Crippen LogP contribution in [0.5, 0.6) is 0 Å². The second kappa shape index (κ2) is 4.90. The lowest BCUT2D eigenvalue weighted by atomic mass is 10.1. The molecule has 4 heteroatoms. The molecule has 0 aliphatic heterocycles. The zero-order chi connectivity index (χ0) is 14.1. The van der Waals surface area contributed by atoms with Crippen LogP contribution < -0.4 is 5.32 Å². The highest BCUT2D eigenvalue weighted by Crippen LogP contribution is 2.22. The van der Waals surface area contributed by atoms with Crippen LogP contribution in [0.4, 0.5) is 5.69 Å². The summed E-state index contributed by atoms with van der Waals surface area (Å²) in [6, 6.07) is 16.4. The van der Waals surface area contributed by atoms with E-state index in [9.17, 15) is 0 Å². The molecule has 4 rings (SSSR count). The fourth-order valence-corrected chi connectivity index (χ4v) is 2.62. The van der Waals surface area contributed by atoms with Crippen molar-refractivity contribution in [2.45, 2.75) is 6.54 Å². The number of aromatic amines is 1. The summed E-state index contributed by atoms with van der Waals surface area (Å²) in [7, 11) is 0. The molecule has 4 aromatic rings. The lowest BCUT2D eigenvalue weighted by Gasteiger charge is -2.09. The standard InChI is InChI=1S/C17H14N4/c1-2-6-15-14(5-1)12(8-9-18-15)10-19-16-7-3-4-13-11-20-21-17(13)16/h1-9,11,19H,10H2,(H,20,21). The predicted octanol–water partition coefficient (Wildman–Crippen LogP) is 3.72. The molecule has 0 fully saturated rings. The maximum absolute atomic E-state index is 4.39. The Labute approximate surface area is 121 Å². The van der Waals surface area contributed by atoms with Crippen LogP contribution in [-0.2, 0) is 6.54 Å². The fraction of sp³-hybridized carbons (Fsp3) is 0.0588. The normalized spacial score (nSPS) is 11.0. The van der Waals surface area contributed by atoms with E-state index < -0.39 is 0 Å². The Hall–Kier alpha value is -2.88. The molecule has 2 heterocycles. The molecule has 0 aliphatic carbocycles. The molecular weight excluding hydrogens is 260 g/mol. The fourth-order valence-electron chi connectivity index (χ4n) is 2.62. The molecule has 102 valence electrons. The van der Waals surface area contributed by atoms with E-state index in [1.165, 1.54) is 10.9 Å². The Balaban J connectivity index is 1.68. The first-order valence-corrected chi connectivity index (χ1v) is 6.90. The van der Waals surface area contributed by atoms with Crippen molar-refractivity contribution < 1.29 is 0 Å². The topological polar surface area (TPSA) is 53.6 Å². The Kier molecular flexibility index (Phi) is 2.78. The van der Waals surface area contributed by atoms with Crippen molar-refractivity contribution in [2.24, 2.45) is 0 Å². The third-order valence-electron chi connectivity index (χ3n) is 3.69. The van der Waals surface area contributed by atoms with Crippen molar-refractivity contribution >= 4 is 27.5 Å². The van der Waals surface area contributed by atoms with Crippen LogP contribution in [0.2, 0.25) is 0 Å². The van der Waals surface area contributed by atoms with Gasteiger partial charge in [-0.15, -0.1) is 0 Å². The molecule has 0 bridgehead atoms. The maximum atomic E-state index is 4.39. The number of nitrogens with zero attached hydrogens (tertiary/aromatic N) is 2. The van der Waals surface area contributed by atoms with Crippen molar-refractivity contribution in [3.05, 3.63) is 66.5 Å². The van der Waals surface area contributed by atoms with E-state index in [0.29, 0.717) is 0 Å². The average Bonchev–Trinajstić information content (AvgIpc) is 3.02. The number of fused-ring (bicyclic) bond motifs is 2. The molecule has 0 amide bonds. The Morgan fingerprint density at radius 2 is 1.95 bits per heavy atom. The van der Waals surface area contributed by atoms with Gasteiger partial charge < -0.3 is 5.32 Å². The minimum Gasteiger partial charge on any atom is -0.379 e. The number of hydrogen-bond acceptors (Lipinski definition) is 3. The number of rotatable bonds is 3. The molecule has 0 unspecified atom stereocenters. The van der Waals surface area contributed by atoms with Gasteiger partial charge in [0.05, 0.1) is 22.9 Å². The minimum absolute atomic E-state index is 0.751. The third-order valence-corrected chi connectivity index (χ3v) is 3.69. The van der Waals surface area contributed by atoms with Crippen molar-refractivity contribution in [3.8, 4) is 0 Å². The molecule has 2 aromatic heterocycles. The molecule has 0 radical (unpaired) electrons. The number of hydrogen-bond donors (Lipinski definition) is 2. The van der Waals surface area contributed by atoms with Crippen LogP contribution in [0.25, 0.3) is 21.8 Å². The highest BCUT2D eigenvalue weighted by Gasteiger charge is 2.04. The van der Waals surface area contributed by atoms with Gasteiger partial charge in [0.1, 0.15) is 0 Å². The zero-order valence-electron chi connectivity index (χ0n) is 11.4. The first-order chi connectivity index (χ1) is 10.4. The van der Waals surface area contributed by atoms with Gasteiger partial charge in [-0.2, -0.15) is 5.10 Å². The number of para-hydroxylation sites is 2. The van der Waals surface area contributed by atoms with Crippen LogP contribution in [0.1, 0.15) is 5.56 Å². The van der Waals surface area contributed by atoms with Gasteiger partial charge >= 0.3 is 0 Å². The first kappa shape index (κ1) is 11.9. The van der Waals surface area contributed by atoms with Gasteiger partial charge in [-0.25, -0.2) is 0 Å². The molecular formula is C17H14N4. The molecule has 2 N–H and O–H groups in total. The predicted molar refractivity (Wildman–Crippen MR) is 85.2 cm³/mol. The van der Waals surface area contributed by atoms with Gasteiger partial charge in [0.2, 0.25) is 0 Å². The van der Waals surface area contributed by atoms with E-state index in [-0.39, 0.29) is 0 Å². The van der Waals surface area contributed by atoms with Crippen molar-refractivity contribution in [2.75, 3.05) is 5.32 Å². The van der Waals surface area contributed by atoms with Gasteiger partial charge in [0.15, 0.2) is 0 Å². The largest absolute Gasteiger partial charge is 0.379 e. The summed E-state index contributed by atoms with van der Waals surface area (Å²) in [5.41, 5.74) is 4.36. The molecule has 0 saturated heterocycles. The lowest BCUT2D eigenvalue weighted by molar-refractivity contribution is 1.11. The molecule has 0 atom stereocenters. The summed E-state index contributed by atoms with van der Waals surface area (Å²) in [4.78, 5) is 4.39. The van der Waals surface area contributed by atoms with E-state index in [1.807, 2.05) is 42.7 Å². The molecule has 0 saturated carbocycles. The van der Waals surface area contributed by atoms with Crippen LogP contribution in [0.3, 0.4) is 0 Å². The number of nitrogens with one attached hydrogen (secondary N) is 2. The third kappa shape index (κ3) is 2.10. The van der Waals surface area contributed by atoms with Crippen molar-refractivity contribution in [1.29, 1.82) is 0 Å². The van der Waals surface area contributed by atoms with Gasteiger partial charge in [0, 0.05) is 23.5 Å². The second-order valence-corrected chi connectivity index (χ2v) is 4.98. The number of benzene rings is 2. The van der Waals surface area contributed by atoms with E-state index in [4.69, 9.17) is 0 Å². The summed E-state index contributed by atoms with van der Waals surface area (Å²) in [5, 5.41) is 12.9. The monoisotopic (exact) mass is 274 g/mol. The smallest absolute Gasteiger partial charge is 0.0881 e. The van der Waals surface area contributed by atoms with Crippen LogP contribution in [0, 0.1) is 0 Å². The van der Waals surface area contributed by atoms with E-state index >= 15 is 0 Å². The van der Waals surface area contributed by atoms with Crippen LogP contribution in [0.15, 0.2) is 60.9 Å². The molecule has 0 spiro atoms. The highest BCUT2D eigenvalue weighted by atomic mass is 15.1. The van der Waals surface area contributed by atoms with Crippen molar-refractivity contribution in [3.63, 3.8) is 0 Å². The van der Waals surface area contributed by atoms with Gasteiger partial charge in [0.25, 0.3) is 0 Å². The van der Waals surface area contributed by atoms with E-state index in [0.717, 1.165) is 28.7 Å². The average molecular weight is 274 g/mol. The van der Waals surface area contributed by atoms with Gasteiger partial charge in [-0.05, 0) is 23.8 Å². The minimum atomic E-state index is 0.751. The summed E-state index contributed by atoms with van der Waals surface area (Å²) in [6.45, 7) is 0.751. The number of H-pyrrole nitrogens is 1. The number of anilines is 1. The highest BCUT2D eigenvalue weighted by molar-refractivity contribution is 5.90. The molecule has 0 aliphatic rings. The van der Waals surface area contributed by atoms with Gasteiger partial charge in [-0.3, -0.25) is 10.1 Å². The van der Waals surface area contributed by atoms with Crippen molar-refractivity contribution in [1.82, 2.24) is 15.2 Å². The Morgan fingerprint density at radius 3 is 2.95 bits per heavy atom. The van der Waals surface area contributed by atoms with E-state index in [2.05, 4.69) is 38.7 Å². The summed E-state index contributed by atoms with van der Waals surface area (Å²) < 4.78 is 0. The first-order valence-electron chi connectivity index (χ1n) is 6.90. The summed E-state index contributed by atoms with van der Waals surface area (Å²) in [6.07, 6.45) is 3.69.